The largest absolute Gasteiger partial charge is 0.388 e. The second kappa shape index (κ2) is 4.76. The summed E-state index contributed by atoms with van der Waals surface area (Å²) < 4.78 is 0.954. The highest BCUT2D eigenvalue weighted by Gasteiger charge is 2.32. The number of benzene rings is 1. The minimum Gasteiger partial charge on any atom is -0.388 e. The summed E-state index contributed by atoms with van der Waals surface area (Å²) in [6.07, 6.45) is -1.68. The van der Waals surface area contributed by atoms with E-state index in [1.165, 1.54) is 4.90 Å². The molecule has 0 radical (unpaired) electrons. The minimum absolute atomic E-state index is 0.156. The van der Waals surface area contributed by atoms with Crippen molar-refractivity contribution >= 4 is 21.8 Å². The number of hydrogen-bond acceptors (Lipinski definition) is 3. The zero-order valence-electron chi connectivity index (χ0n) is 9.43. The van der Waals surface area contributed by atoms with Crippen LogP contribution in [0.5, 0.6) is 0 Å². The van der Waals surface area contributed by atoms with E-state index in [9.17, 15) is 15.0 Å². The van der Waals surface area contributed by atoms with Gasteiger partial charge in [-0.15, -0.1) is 0 Å². The molecule has 1 heterocycles. The molecule has 5 heteroatoms. The molecule has 2 rings (SSSR count). The van der Waals surface area contributed by atoms with Crippen LogP contribution in [0, 0.1) is 6.92 Å². The average Bonchev–Trinajstić information content (AvgIpc) is 2.62. The fourth-order valence-electron chi connectivity index (χ4n) is 1.90. The molecule has 92 valence electrons. The van der Waals surface area contributed by atoms with Crippen LogP contribution in [-0.4, -0.2) is 46.3 Å². The highest BCUT2D eigenvalue weighted by Crippen LogP contribution is 2.20. The molecule has 0 aromatic heterocycles. The molecule has 1 aromatic carbocycles. The van der Waals surface area contributed by atoms with Crippen LogP contribution in [0.15, 0.2) is 22.7 Å². The van der Waals surface area contributed by atoms with E-state index >= 15 is 0 Å². The predicted molar refractivity (Wildman–Crippen MR) is 66.8 cm³/mol. The van der Waals surface area contributed by atoms with E-state index in [0.29, 0.717) is 5.56 Å². The molecule has 0 bridgehead atoms. The summed E-state index contributed by atoms with van der Waals surface area (Å²) in [4.78, 5) is 13.6. The molecule has 0 saturated carbocycles. The Labute approximate surface area is 108 Å². The number of rotatable bonds is 1. The van der Waals surface area contributed by atoms with Gasteiger partial charge >= 0.3 is 0 Å². The maximum atomic E-state index is 12.1. The van der Waals surface area contributed by atoms with Gasteiger partial charge in [0.25, 0.3) is 5.91 Å². The maximum Gasteiger partial charge on any atom is 0.254 e. The molecule has 2 atom stereocenters. The zero-order valence-corrected chi connectivity index (χ0v) is 11.0. The first-order valence-electron chi connectivity index (χ1n) is 5.40. The molecule has 1 aromatic rings. The Morgan fingerprint density at radius 3 is 2.47 bits per heavy atom. The van der Waals surface area contributed by atoms with Crippen LogP contribution in [0.1, 0.15) is 15.9 Å². The van der Waals surface area contributed by atoms with E-state index in [2.05, 4.69) is 15.9 Å². The lowest BCUT2D eigenvalue weighted by Gasteiger charge is -2.15. The highest BCUT2D eigenvalue weighted by molar-refractivity contribution is 9.10. The number of carbonyl (C=O) groups excluding carboxylic acids is 1. The van der Waals surface area contributed by atoms with E-state index < -0.39 is 12.2 Å². The molecular weight excluding hydrogens is 286 g/mol. The molecule has 4 nitrogen and oxygen atoms in total. The van der Waals surface area contributed by atoms with E-state index in [0.717, 1.165) is 10.0 Å². The number of amides is 1. The molecule has 2 unspecified atom stereocenters. The second-order valence-electron chi connectivity index (χ2n) is 4.31. The molecule has 0 spiro atoms. The normalized spacial score (nSPS) is 24.1. The number of aliphatic hydroxyl groups is 2. The number of aliphatic hydroxyl groups excluding tert-OH is 2. The third-order valence-electron chi connectivity index (χ3n) is 2.95. The summed E-state index contributed by atoms with van der Waals surface area (Å²) in [6.45, 7) is 2.29. The molecule has 1 fully saturated rings. The highest BCUT2D eigenvalue weighted by atomic mass is 79.9. The first kappa shape index (κ1) is 12.5. The third kappa shape index (κ3) is 2.51. The zero-order chi connectivity index (χ0) is 12.6. The molecule has 1 aliphatic rings. The number of β-amino-alcohol motifs (C(OH)–C–C–N with tert-alkyl or cyclic N) is 2. The molecule has 17 heavy (non-hydrogen) atoms. The lowest BCUT2D eigenvalue weighted by atomic mass is 10.1. The van der Waals surface area contributed by atoms with Gasteiger partial charge in [-0.05, 0) is 30.7 Å². The summed E-state index contributed by atoms with van der Waals surface area (Å²) in [5, 5.41) is 18.8. The number of carbonyl (C=O) groups is 1. The van der Waals surface area contributed by atoms with Crippen LogP contribution in [-0.2, 0) is 0 Å². The van der Waals surface area contributed by atoms with Crippen molar-refractivity contribution < 1.29 is 15.0 Å². The van der Waals surface area contributed by atoms with E-state index in [-0.39, 0.29) is 19.0 Å². The quantitative estimate of drug-likeness (QED) is 0.811. The van der Waals surface area contributed by atoms with Crippen molar-refractivity contribution in [3.63, 3.8) is 0 Å². The SMILES string of the molecule is Cc1cc(C(=O)N2CC(O)C(O)C2)ccc1Br. The van der Waals surface area contributed by atoms with Gasteiger partial charge in [0.2, 0.25) is 0 Å². The summed E-state index contributed by atoms with van der Waals surface area (Å²) >= 11 is 3.38. The number of hydrogen-bond donors (Lipinski definition) is 2. The van der Waals surface area contributed by atoms with Gasteiger partial charge < -0.3 is 15.1 Å². The van der Waals surface area contributed by atoms with Gasteiger partial charge in [-0.3, -0.25) is 4.79 Å². The Hall–Kier alpha value is -0.910. The summed E-state index contributed by atoms with van der Waals surface area (Å²) in [6, 6.07) is 5.35. The first-order valence-corrected chi connectivity index (χ1v) is 6.20. The van der Waals surface area contributed by atoms with Crippen molar-refractivity contribution in [3.05, 3.63) is 33.8 Å². The summed E-state index contributed by atoms with van der Waals surface area (Å²) in [5.41, 5.74) is 1.56. The van der Waals surface area contributed by atoms with Gasteiger partial charge in [-0.2, -0.15) is 0 Å². The minimum atomic E-state index is -0.838. The van der Waals surface area contributed by atoms with Crippen molar-refractivity contribution in [2.75, 3.05) is 13.1 Å². The monoisotopic (exact) mass is 299 g/mol. The number of halogens is 1. The standard InChI is InChI=1S/C12H14BrNO3/c1-7-4-8(2-3-9(7)13)12(17)14-5-10(15)11(16)6-14/h2-4,10-11,15-16H,5-6H2,1H3. The smallest absolute Gasteiger partial charge is 0.254 e. The van der Waals surface area contributed by atoms with Crippen LogP contribution in [0.2, 0.25) is 0 Å². The predicted octanol–water partition coefficient (Wildman–Crippen LogP) is 0.935. The lowest BCUT2D eigenvalue weighted by molar-refractivity contribution is 0.0572. The van der Waals surface area contributed by atoms with Gasteiger partial charge in [0, 0.05) is 23.1 Å². The number of aryl methyl sites for hydroxylation is 1. The third-order valence-corrected chi connectivity index (χ3v) is 3.84. The molecule has 1 aliphatic heterocycles. The van der Waals surface area contributed by atoms with E-state index in [1.807, 2.05) is 13.0 Å². The molecular formula is C12H14BrNO3. The van der Waals surface area contributed by atoms with Crippen molar-refractivity contribution in [2.24, 2.45) is 0 Å². The van der Waals surface area contributed by atoms with Crippen molar-refractivity contribution in [2.45, 2.75) is 19.1 Å². The molecule has 1 saturated heterocycles. The Kier molecular flexibility index (Phi) is 3.51. The number of nitrogens with zero attached hydrogens (tertiary/aromatic N) is 1. The van der Waals surface area contributed by atoms with Crippen molar-refractivity contribution in [1.29, 1.82) is 0 Å². The fraction of sp³-hybridized carbons (Fsp3) is 0.417. The average molecular weight is 300 g/mol. The van der Waals surface area contributed by atoms with Crippen LogP contribution < -0.4 is 0 Å². The maximum absolute atomic E-state index is 12.1. The Bertz CT molecular complexity index is 439. The number of likely N-dealkylation sites (tertiary alicyclic amines) is 1. The summed E-state index contributed by atoms with van der Waals surface area (Å²) in [7, 11) is 0. The summed E-state index contributed by atoms with van der Waals surface area (Å²) in [5.74, 6) is -0.156. The Morgan fingerprint density at radius 1 is 1.35 bits per heavy atom. The molecule has 1 amide bonds. The van der Waals surface area contributed by atoms with Gasteiger partial charge in [0.05, 0.1) is 12.2 Å². The van der Waals surface area contributed by atoms with Gasteiger partial charge in [0.15, 0.2) is 0 Å². The van der Waals surface area contributed by atoms with Crippen LogP contribution in [0.3, 0.4) is 0 Å². The van der Waals surface area contributed by atoms with Gasteiger partial charge in [-0.25, -0.2) is 0 Å². The van der Waals surface area contributed by atoms with Gasteiger partial charge in [0.1, 0.15) is 0 Å². The van der Waals surface area contributed by atoms with E-state index in [4.69, 9.17) is 0 Å². The molecule has 0 aliphatic carbocycles. The second-order valence-corrected chi connectivity index (χ2v) is 5.16. The van der Waals surface area contributed by atoms with Crippen molar-refractivity contribution in [1.82, 2.24) is 4.90 Å². The van der Waals surface area contributed by atoms with Crippen LogP contribution in [0.4, 0.5) is 0 Å². The van der Waals surface area contributed by atoms with E-state index in [1.54, 1.807) is 12.1 Å². The topological polar surface area (TPSA) is 60.8 Å². The van der Waals surface area contributed by atoms with Crippen LogP contribution >= 0.6 is 15.9 Å². The molecule has 2 N–H and O–H groups in total. The van der Waals surface area contributed by atoms with Crippen molar-refractivity contribution in [3.8, 4) is 0 Å². The van der Waals surface area contributed by atoms with Crippen LogP contribution in [0.25, 0.3) is 0 Å². The fourth-order valence-corrected chi connectivity index (χ4v) is 2.14. The van der Waals surface area contributed by atoms with Gasteiger partial charge in [-0.1, -0.05) is 15.9 Å². The Morgan fingerprint density at radius 2 is 1.94 bits per heavy atom. The first-order chi connectivity index (χ1) is 7.99. The Balaban J connectivity index is 2.17. The lowest BCUT2D eigenvalue weighted by Crippen LogP contribution is -2.29.